The van der Waals surface area contributed by atoms with Crippen LogP contribution in [-0.4, -0.2) is 42.1 Å². The highest BCUT2D eigenvalue weighted by molar-refractivity contribution is 5.42. The fourth-order valence-corrected chi connectivity index (χ4v) is 3.31. The van der Waals surface area contributed by atoms with E-state index in [9.17, 15) is 0 Å². The molecule has 0 amide bonds. The molecule has 2 saturated heterocycles. The van der Waals surface area contributed by atoms with Gasteiger partial charge >= 0.3 is 0 Å². The quantitative estimate of drug-likeness (QED) is 0.880. The van der Waals surface area contributed by atoms with E-state index in [1.165, 1.54) is 37.9 Å². The van der Waals surface area contributed by atoms with Crippen LogP contribution in [0.25, 0.3) is 0 Å². The van der Waals surface area contributed by atoms with Gasteiger partial charge in [0.15, 0.2) is 0 Å². The number of aromatic nitrogens is 1. The lowest BCUT2D eigenvalue weighted by Crippen LogP contribution is -2.37. The maximum Gasteiger partial charge on any atom is 0.128 e. The molecule has 4 nitrogen and oxygen atoms in total. The van der Waals surface area contributed by atoms with Crippen LogP contribution in [0.1, 0.15) is 37.8 Å². The summed E-state index contributed by atoms with van der Waals surface area (Å²) < 4.78 is 0. The van der Waals surface area contributed by atoms with Crippen molar-refractivity contribution in [1.82, 2.24) is 9.88 Å². The van der Waals surface area contributed by atoms with Crippen molar-refractivity contribution in [2.24, 2.45) is 5.73 Å². The monoisotopic (exact) mass is 260 g/mol. The topological polar surface area (TPSA) is 45.4 Å². The molecule has 104 valence electrons. The second kappa shape index (κ2) is 5.47. The van der Waals surface area contributed by atoms with Crippen LogP contribution in [0.3, 0.4) is 0 Å². The van der Waals surface area contributed by atoms with Crippen LogP contribution in [0, 0.1) is 0 Å². The molecule has 0 radical (unpaired) electrons. The van der Waals surface area contributed by atoms with E-state index in [2.05, 4.69) is 20.9 Å². The van der Waals surface area contributed by atoms with E-state index in [0.29, 0.717) is 0 Å². The number of hydrogen-bond donors (Lipinski definition) is 1. The van der Waals surface area contributed by atoms with Gasteiger partial charge in [-0.3, -0.25) is 4.90 Å². The van der Waals surface area contributed by atoms with Crippen molar-refractivity contribution in [1.29, 1.82) is 0 Å². The van der Waals surface area contributed by atoms with Gasteiger partial charge in [-0.25, -0.2) is 4.98 Å². The lowest BCUT2D eigenvalue weighted by Gasteiger charge is -2.26. The minimum absolute atomic E-state index is 0.0803. The zero-order valence-corrected chi connectivity index (χ0v) is 11.8. The molecule has 0 aromatic carbocycles. The third-order valence-electron chi connectivity index (χ3n) is 4.42. The van der Waals surface area contributed by atoms with Gasteiger partial charge in [-0.1, -0.05) is 0 Å². The summed E-state index contributed by atoms with van der Waals surface area (Å²) >= 11 is 0. The summed E-state index contributed by atoms with van der Waals surface area (Å²) in [5.41, 5.74) is 7.15. The molecular formula is C15H24N4. The molecule has 1 aromatic heterocycles. The van der Waals surface area contributed by atoms with Gasteiger partial charge in [0.1, 0.15) is 5.82 Å². The Morgan fingerprint density at radius 1 is 1.32 bits per heavy atom. The number of nitrogens with zero attached hydrogens (tertiary/aromatic N) is 3. The maximum atomic E-state index is 5.97. The lowest BCUT2D eigenvalue weighted by molar-refractivity contribution is 0.273. The van der Waals surface area contributed by atoms with E-state index in [1.54, 1.807) is 0 Å². The van der Waals surface area contributed by atoms with Gasteiger partial charge in [-0.15, -0.1) is 0 Å². The minimum Gasteiger partial charge on any atom is -0.355 e. The third kappa shape index (κ3) is 2.74. The average molecular weight is 260 g/mol. The second-order valence-electron chi connectivity index (χ2n) is 5.87. The van der Waals surface area contributed by atoms with Crippen molar-refractivity contribution in [2.75, 3.05) is 31.1 Å². The van der Waals surface area contributed by atoms with Crippen LogP contribution in [0.2, 0.25) is 0 Å². The van der Waals surface area contributed by atoms with E-state index in [1.807, 2.05) is 19.2 Å². The standard InChI is InChI=1S/C15H24N4/c1-12(16)13-5-6-17-15(10-13)19-9-3-8-18-7-2-4-14(18)11-19/h5-6,10,12,14H,2-4,7-9,11,16H2,1H3. The summed E-state index contributed by atoms with van der Waals surface area (Å²) in [6.07, 6.45) is 5.82. The van der Waals surface area contributed by atoms with Gasteiger partial charge in [0, 0.05) is 37.9 Å². The van der Waals surface area contributed by atoms with E-state index in [-0.39, 0.29) is 6.04 Å². The van der Waals surface area contributed by atoms with Crippen molar-refractivity contribution in [3.8, 4) is 0 Å². The zero-order chi connectivity index (χ0) is 13.2. The van der Waals surface area contributed by atoms with Crippen LogP contribution in [-0.2, 0) is 0 Å². The number of rotatable bonds is 2. The van der Waals surface area contributed by atoms with Crippen molar-refractivity contribution < 1.29 is 0 Å². The van der Waals surface area contributed by atoms with Crippen LogP contribution < -0.4 is 10.6 Å². The molecular weight excluding hydrogens is 236 g/mol. The summed E-state index contributed by atoms with van der Waals surface area (Å²) in [5.74, 6) is 1.10. The molecule has 4 heteroatoms. The number of pyridine rings is 1. The van der Waals surface area contributed by atoms with Gasteiger partial charge in [-0.2, -0.15) is 0 Å². The zero-order valence-electron chi connectivity index (χ0n) is 11.8. The summed E-state index contributed by atoms with van der Waals surface area (Å²) in [6.45, 7) is 6.79. The van der Waals surface area contributed by atoms with E-state index in [4.69, 9.17) is 5.73 Å². The number of hydrogen-bond acceptors (Lipinski definition) is 4. The molecule has 0 saturated carbocycles. The van der Waals surface area contributed by atoms with Gasteiger partial charge in [0.25, 0.3) is 0 Å². The van der Waals surface area contributed by atoms with Gasteiger partial charge < -0.3 is 10.6 Å². The van der Waals surface area contributed by atoms with E-state index >= 15 is 0 Å². The summed E-state index contributed by atoms with van der Waals surface area (Å²) in [6, 6.07) is 4.99. The molecule has 2 fully saturated rings. The molecule has 0 bridgehead atoms. The smallest absolute Gasteiger partial charge is 0.128 e. The predicted octanol–water partition coefficient (Wildman–Crippen LogP) is 1.78. The highest BCUT2D eigenvalue weighted by Gasteiger charge is 2.29. The first-order valence-electron chi connectivity index (χ1n) is 7.44. The largest absolute Gasteiger partial charge is 0.355 e. The van der Waals surface area contributed by atoms with E-state index in [0.717, 1.165) is 24.9 Å². The Hall–Kier alpha value is -1.13. The highest BCUT2D eigenvalue weighted by atomic mass is 15.3. The second-order valence-corrected chi connectivity index (χ2v) is 5.87. The molecule has 3 heterocycles. The van der Waals surface area contributed by atoms with Crippen molar-refractivity contribution in [2.45, 2.75) is 38.3 Å². The Kier molecular flexibility index (Phi) is 3.71. The van der Waals surface area contributed by atoms with Crippen molar-refractivity contribution in [3.63, 3.8) is 0 Å². The Labute approximate surface area is 115 Å². The van der Waals surface area contributed by atoms with E-state index < -0.39 is 0 Å². The van der Waals surface area contributed by atoms with Crippen molar-refractivity contribution in [3.05, 3.63) is 23.9 Å². The summed E-state index contributed by atoms with van der Waals surface area (Å²) in [7, 11) is 0. The van der Waals surface area contributed by atoms with Gasteiger partial charge in [0.05, 0.1) is 0 Å². The fraction of sp³-hybridized carbons (Fsp3) is 0.667. The normalized spacial score (nSPS) is 26.0. The Bertz CT molecular complexity index is 432. The Morgan fingerprint density at radius 3 is 3.00 bits per heavy atom. The molecule has 2 N–H and O–H groups in total. The van der Waals surface area contributed by atoms with Crippen LogP contribution >= 0.6 is 0 Å². The predicted molar refractivity (Wildman–Crippen MR) is 78.3 cm³/mol. The molecule has 3 rings (SSSR count). The lowest BCUT2D eigenvalue weighted by atomic mass is 10.1. The number of nitrogens with two attached hydrogens (primary N) is 1. The molecule has 2 aliphatic rings. The molecule has 2 atom stereocenters. The Morgan fingerprint density at radius 2 is 2.16 bits per heavy atom. The summed E-state index contributed by atoms with van der Waals surface area (Å²) in [5, 5.41) is 0. The first-order valence-corrected chi connectivity index (χ1v) is 7.44. The highest BCUT2D eigenvalue weighted by Crippen LogP contribution is 2.25. The number of anilines is 1. The third-order valence-corrected chi connectivity index (χ3v) is 4.42. The molecule has 19 heavy (non-hydrogen) atoms. The fourth-order valence-electron chi connectivity index (χ4n) is 3.31. The molecule has 0 aliphatic carbocycles. The average Bonchev–Trinajstić information content (AvgIpc) is 2.76. The molecule has 0 spiro atoms. The number of fused-ring (bicyclic) bond motifs is 1. The van der Waals surface area contributed by atoms with Gasteiger partial charge in [-0.05, 0) is 50.4 Å². The Balaban J connectivity index is 1.79. The van der Waals surface area contributed by atoms with Crippen molar-refractivity contribution >= 4 is 5.82 Å². The SMILES string of the molecule is CC(N)c1ccnc(N2CCCN3CCCC3C2)c1. The van der Waals surface area contributed by atoms with Gasteiger partial charge in [0.2, 0.25) is 0 Å². The molecule has 1 aromatic rings. The molecule has 2 unspecified atom stereocenters. The first-order chi connectivity index (χ1) is 9.24. The van der Waals surface area contributed by atoms with Crippen LogP contribution in [0.4, 0.5) is 5.82 Å². The van der Waals surface area contributed by atoms with Crippen LogP contribution in [0.15, 0.2) is 18.3 Å². The molecule has 2 aliphatic heterocycles. The van der Waals surface area contributed by atoms with Crippen LogP contribution in [0.5, 0.6) is 0 Å². The maximum absolute atomic E-state index is 5.97. The first kappa shape index (κ1) is 12.9. The minimum atomic E-state index is 0.0803. The summed E-state index contributed by atoms with van der Waals surface area (Å²) in [4.78, 5) is 9.65.